The number of ketones is 2. The third-order valence-corrected chi connectivity index (χ3v) is 0.478. The number of carbonyl (C=O) groups is 2. The predicted octanol–water partition coefficient (Wildman–Crippen LogP) is 1.07. The van der Waals surface area contributed by atoms with Gasteiger partial charge in [0.15, 0.2) is 0 Å². The topological polar surface area (TPSA) is 58.0 Å². The van der Waals surface area contributed by atoms with E-state index in [2.05, 4.69) is 0 Å². The second-order valence-electron chi connectivity index (χ2n) is 1.06. The van der Waals surface area contributed by atoms with Gasteiger partial charge in [-0.25, -0.2) is 0 Å². The lowest BCUT2D eigenvalue weighted by Crippen LogP contribution is -2.08. The lowest BCUT2D eigenvalue weighted by molar-refractivity contribution is -0.131. The van der Waals surface area contributed by atoms with Gasteiger partial charge in [-0.2, -0.15) is 0 Å². The number of Topliss-reactive ketones (excluding diaryl/α,β-unsaturated/α-hetero) is 2. The number of hydrogen-bond acceptors (Lipinski definition) is 3. The highest BCUT2D eigenvalue weighted by Crippen LogP contribution is 1.65. The number of rotatable bonds is 2. The summed E-state index contributed by atoms with van der Waals surface area (Å²) < 4.78 is 0. The van der Waals surface area contributed by atoms with Crippen LogP contribution in [0.3, 0.4) is 0 Å². The molecule has 3 heteroatoms. The molecule has 0 aromatic carbocycles. The largest absolute Gasteiger partial charge is 0.305 e. The van der Waals surface area contributed by atoms with Crippen molar-refractivity contribution >= 4 is 17.8 Å². The van der Waals surface area contributed by atoms with Crippen molar-refractivity contribution in [2.45, 2.75) is 21.8 Å². The second kappa shape index (κ2) is 7.01. The molecule has 0 aromatic rings. The maximum atomic E-state index is 9.92. The van der Waals surface area contributed by atoms with Crippen LogP contribution in [0.4, 0.5) is 0 Å². The van der Waals surface area contributed by atoms with Crippen molar-refractivity contribution in [2.75, 3.05) is 0 Å². The zero-order valence-corrected chi connectivity index (χ0v) is 3.89. The Morgan fingerprint density at radius 3 is 1.67 bits per heavy atom. The van der Waals surface area contributed by atoms with Crippen molar-refractivity contribution in [1.29, 1.82) is 5.41 Å². The molecule has 0 heterocycles. The van der Waals surface area contributed by atoms with Gasteiger partial charge < -0.3 is 5.41 Å². The second-order valence-corrected chi connectivity index (χ2v) is 1.06. The highest BCUT2D eigenvalue weighted by atomic mass is 16.2. The summed E-state index contributed by atoms with van der Waals surface area (Å²) in [6.45, 7) is 1.13. The van der Waals surface area contributed by atoms with Crippen molar-refractivity contribution < 1.29 is 9.59 Å². The van der Waals surface area contributed by atoms with E-state index in [9.17, 15) is 9.59 Å². The molecule has 0 amide bonds. The predicted molar refractivity (Wildman–Crippen MR) is 37.9 cm³/mol. The molecule has 0 spiro atoms. The average Bonchev–Trinajstić information content (AvgIpc) is 1.65. The first kappa shape index (κ1) is 15.7. The van der Waals surface area contributed by atoms with Crippen LogP contribution < -0.4 is 0 Å². The van der Waals surface area contributed by atoms with E-state index in [4.69, 9.17) is 5.41 Å². The quantitative estimate of drug-likeness (QED) is 0.450. The summed E-state index contributed by atoms with van der Waals surface area (Å²) in [7, 11) is 0. The average molecular weight is 131 g/mol. The molecule has 54 valence electrons. The van der Waals surface area contributed by atoms with Crippen LogP contribution >= 0.6 is 0 Å². The minimum absolute atomic E-state index is 0. The lowest BCUT2D eigenvalue weighted by Gasteiger charge is -1.75. The first-order valence-electron chi connectivity index (χ1n) is 1.74. The molecule has 0 saturated heterocycles. The molecule has 0 aliphatic carbocycles. The van der Waals surface area contributed by atoms with Crippen LogP contribution in [0, 0.1) is 5.41 Å². The molecule has 0 rings (SSSR count). The molecular weight excluding hydrogens is 118 g/mol. The first-order valence-corrected chi connectivity index (χ1v) is 1.74. The fourth-order valence-electron chi connectivity index (χ4n) is 0.102. The van der Waals surface area contributed by atoms with E-state index < -0.39 is 11.6 Å². The van der Waals surface area contributed by atoms with Crippen LogP contribution in [-0.4, -0.2) is 17.8 Å². The molecule has 1 N–H and O–H groups in total. The molecule has 0 atom stereocenters. The fraction of sp³-hybridized carbons (Fsp3) is 0.500. The Labute approximate surface area is 55.6 Å². The van der Waals surface area contributed by atoms with Crippen LogP contribution in [0.15, 0.2) is 0 Å². The standard InChI is InChI=1S/C4H5NO2.2CH4/c1-3(6)4(7)2-5;;/h2,5H,1H3;2*1H4. The van der Waals surface area contributed by atoms with Crippen molar-refractivity contribution in [2.24, 2.45) is 0 Å². The molecule has 0 aliphatic rings. The Morgan fingerprint density at radius 1 is 1.33 bits per heavy atom. The van der Waals surface area contributed by atoms with Crippen LogP contribution in [0.2, 0.25) is 0 Å². The summed E-state index contributed by atoms with van der Waals surface area (Å²) in [6, 6.07) is 0. The summed E-state index contributed by atoms with van der Waals surface area (Å²) in [5.41, 5.74) is 0. The number of hydrogen-bond donors (Lipinski definition) is 1. The van der Waals surface area contributed by atoms with Crippen LogP contribution in [0.25, 0.3) is 0 Å². The van der Waals surface area contributed by atoms with Gasteiger partial charge in [-0.1, -0.05) is 14.9 Å². The Morgan fingerprint density at radius 2 is 1.67 bits per heavy atom. The minimum Gasteiger partial charge on any atom is -0.305 e. The molecule has 0 radical (unpaired) electrons. The third-order valence-electron chi connectivity index (χ3n) is 0.478. The van der Waals surface area contributed by atoms with E-state index in [0.29, 0.717) is 6.21 Å². The summed E-state index contributed by atoms with van der Waals surface area (Å²) in [4.78, 5) is 19.8. The third kappa shape index (κ3) is 7.01. The Kier molecular flexibility index (Phi) is 12.2. The van der Waals surface area contributed by atoms with Gasteiger partial charge in [0.25, 0.3) is 0 Å². The molecule has 3 nitrogen and oxygen atoms in total. The Balaban J connectivity index is -0.000000180. The van der Waals surface area contributed by atoms with Gasteiger partial charge in [0, 0.05) is 6.92 Å². The summed E-state index contributed by atoms with van der Waals surface area (Å²) >= 11 is 0. The van der Waals surface area contributed by atoms with E-state index in [1.807, 2.05) is 0 Å². The zero-order valence-electron chi connectivity index (χ0n) is 3.89. The maximum absolute atomic E-state index is 9.92. The van der Waals surface area contributed by atoms with E-state index in [1.165, 1.54) is 0 Å². The highest BCUT2D eigenvalue weighted by Gasteiger charge is 1.99. The summed E-state index contributed by atoms with van der Waals surface area (Å²) in [6.07, 6.45) is 0.502. The minimum atomic E-state index is -0.750. The Hall–Kier alpha value is -0.990. The van der Waals surface area contributed by atoms with Crippen LogP contribution in [0.1, 0.15) is 21.8 Å². The molecule has 0 saturated carbocycles. The smallest absolute Gasteiger partial charge is 0.238 e. The molecule has 0 aliphatic heterocycles. The molecule has 0 unspecified atom stereocenters. The summed E-state index contributed by atoms with van der Waals surface area (Å²) in [5, 5.41) is 6.24. The number of nitrogens with one attached hydrogen (secondary N) is 1. The van der Waals surface area contributed by atoms with Crippen molar-refractivity contribution in [3.63, 3.8) is 0 Å². The lowest BCUT2D eigenvalue weighted by atomic mass is 10.3. The van der Waals surface area contributed by atoms with Crippen molar-refractivity contribution in [3.8, 4) is 0 Å². The van der Waals surface area contributed by atoms with Gasteiger partial charge in [0.1, 0.15) is 0 Å². The van der Waals surface area contributed by atoms with E-state index in [1.54, 1.807) is 0 Å². The van der Waals surface area contributed by atoms with Crippen molar-refractivity contribution in [3.05, 3.63) is 0 Å². The summed E-state index contributed by atoms with van der Waals surface area (Å²) in [5.74, 6) is -1.34. The molecule has 9 heavy (non-hydrogen) atoms. The molecular formula is C6H13NO2. The van der Waals surface area contributed by atoms with Gasteiger partial charge in [0.05, 0.1) is 6.21 Å². The number of carbonyl (C=O) groups excluding carboxylic acids is 2. The van der Waals surface area contributed by atoms with Gasteiger partial charge in [-0.05, 0) is 0 Å². The van der Waals surface area contributed by atoms with E-state index in [0.717, 1.165) is 6.92 Å². The van der Waals surface area contributed by atoms with Crippen molar-refractivity contribution in [1.82, 2.24) is 0 Å². The van der Waals surface area contributed by atoms with Gasteiger partial charge in [0.2, 0.25) is 11.6 Å². The van der Waals surface area contributed by atoms with Gasteiger partial charge in [-0.15, -0.1) is 0 Å². The molecule has 0 bridgehead atoms. The van der Waals surface area contributed by atoms with E-state index >= 15 is 0 Å². The zero-order chi connectivity index (χ0) is 5.86. The van der Waals surface area contributed by atoms with Crippen LogP contribution in [-0.2, 0) is 9.59 Å². The normalized spacial score (nSPS) is 5.89. The SMILES string of the molecule is C.C.CC(=O)C(=O)C=N. The molecule has 0 aromatic heterocycles. The highest BCUT2D eigenvalue weighted by molar-refractivity contribution is 6.57. The van der Waals surface area contributed by atoms with E-state index in [-0.39, 0.29) is 14.9 Å². The van der Waals surface area contributed by atoms with Gasteiger partial charge in [-0.3, -0.25) is 9.59 Å². The first-order chi connectivity index (χ1) is 3.18. The van der Waals surface area contributed by atoms with Gasteiger partial charge >= 0.3 is 0 Å². The Bertz CT molecular complexity index is 118. The molecule has 0 fully saturated rings. The fourth-order valence-corrected chi connectivity index (χ4v) is 0.102. The maximum Gasteiger partial charge on any atom is 0.238 e. The monoisotopic (exact) mass is 131 g/mol. The van der Waals surface area contributed by atoms with Crippen LogP contribution in [0.5, 0.6) is 0 Å².